The van der Waals surface area contributed by atoms with Gasteiger partial charge in [-0.05, 0) is 12.8 Å². The summed E-state index contributed by atoms with van der Waals surface area (Å²) in [6, 6.07) is 0. The van der Waals surface area contributed by atoms with E-state index in [2.05, 4.69) is 10.2 Å². The van der Waals surface area contributed by atoms with Gasteiger partial charge in [0.25, 0.3) is 0 Å². The molecule has 0 fully saturated rings. The third kappa shape index (κ3) is 3.74. The van der Waals surface area contributed by atoms with Gasteiger partial charge in [-0.3, -0.25) is 0 Å². The molecule has 1 N–H and O–H groups in total. The first-order valence-corrected chi connectivity index (χ1v) is 2.78. The van der Waals surface area contributed by atoms with E-state index in [1.807, 2.05) is 0 Å². The van der Waals surface area contributed by atoms with E-state index < -0.39 is 0 Å². The Hall–Kier alpha value is -0.440. The molecule has 0 amide bonds. The van der Waals surface area contributed by atoms with Gasteiger partial charge in [0, 0.05) is 7.11 Å². The van der Waals surface area contributed by atoms with Crippen LogP contribution >= 0.6 is 0 Å². The monoisotopic (exact) mass is 116 g/mol. The molecule has 0 spiro atoms. The molecular formula is C5H12N2O. The average Bonchev–Trinajstić information content (AvgIpc) is 1.96. The van der Waals surface area contributed by atoms with Gasteiger partial charge in [-0.15, -0.1) is 0 Å². The Balaban J connectivity index is 0.000000222. The second-order valence-electron chi connectivity index (χ2n) is 1.44. The molecule has 0 bridgehead atoms. The van der Waals surface area contributed by atoms with Gasteiger partial charge in [0.15, 0.2) is 0 Å². The van der Waals surface area contributed by atoms with Gasteiger partial charge in [0.2, 0.25) is 0 Å². The Bertz CT molecular complexity index is 55.4. The summed E-state index contributed by atoms with van der Waals surface area (Å²) in [7, 11) is 1.00. The molecule has 0 saturated heterocycles. The molecule has 0 aromatic heterocycles. The number of aliphatic hydroxyl groups excluding tert-OH is 1. The van der Waals surface area contributed by atoms with E-state index in [9.17, 15) is 0 Å². The molecule has 1 rings (SSSR count). The highest BCUT2D eigenvalue weighted by Crippen LogP contribution is 1.96. The van der Waals surface area contributed by atoms with Crippen LogP contribution in [0.3, 0.4) is 0 Å². The molecule has 0 radical (unpaired) electrons. The molecule has 1 aliphatic heterocycles. The summed E-state index contributed by atoms with van der Waals surface area (Å²) in [5.41, 5.74) is 0. The van der Waals surface area contributed by atoms with Crippen molar-refractivity contribution in [3.63, 3.8) is 0 Å². The predicted octanol–water partition coefficient (Wildman–Crippen LogP) is 0.841. The zero-order valence-corrected chi connectivity index (χ0v) is 5.17. The summed E-state index contributed by atoms with van der Waals surface area (Å²) in [4.78, 5) is 0. The van der Waals surface area contributed by atoms with Crippen molar-refractivity contribution in [2.45, 2.75) is 12.8 Å². The summed E-state index contributed by atoms with van der Waals surface area (Å²) in [5.74, 6) is 0. The number of hydrogen-bond donors (Lipinski definition) is 1. The van der Waals surface area contributed by atoms with Gasteiger partial charge in [-0.2, -0.15) is 10.2 Å². The molecule has 3 nitrogen and oxygen atoms in total. The Morgan fingerprint density at radius 3 is 1.50 bits per heavy atom. The van der Waals surface area contributed by atoms with Crippen LogP contribution in [0.1, 0.15) is 12.8 Å². The zero-order valence-electron chi connectivity index (χ0n) is 5.17. The summed E-state index contributed by atoms with van der Waals surface area (Å²) in [5, 5.41) is 14.6. The predicted molar refractivity (Wildman–Crippen MR) is 32.0 cm³/mol. The van der Waals surface area contributed by atoms with E-state index >= 15 is 0 Å². The highest BCUT2D eigenvalue weighted by molar-refractivity contribution is 4.50. The Morgan fingerprint density at radius 1 is 1.00 bits per heavy atom. The third-order valence-corrected chi connectivity index (χ3v) is 0.866. The molecule has 1 aliphatic rings. The van der Waals surface area contributed by atoms with Crippen molar-refractivity contribution in [1.29, 1.82) is 0 Å². The van der Waals surface area contributed by atoms with E-state index in [0.29, 0.717) is 0 Å². The second-order valence-corrected chi connectivity index (χ2v) is 1.44. The highest BCUT2D eigenvalue weighted by atomic mass is 16.2. The van der Waals surface area contributed by atoms with E-state index in [1.165, 1.54) is 12.8 Å². The summed E-state index contributed by atoms with van der Waals surface area (Å²) >= 11 is 0. The summed E-state index contributed by atoms with van der Waals surface area (Å²) in [6.07, 6.45) is 2.48. The van der Waals surface area contributed by atoms with E-state index in [1.54, 1.807) is 0 Å². The van der Waals surface area contributed by atoms with Gasteiger partial charge in [0.05, 0.1) is 13.1 Å². The minimum absolute atomic E-state index is 0.958. The molecule has 0 atom stereocenters. The third-order valence-electron chi connectivity index (χ3n) is 0.866. The average molecular weight is 116 g/mol. The quantitative estimate of drug-likeness (QED) is 0.500. The molecule has 48 valence electrons. The minimum Gasteiger partial charge on any atom is -0.400 e. The first-order chi connectivity index (χ1) is 4.00. The normalized spacial score (nSPS) is 16.8. The van der Waals surface area contributed by atoms with E-state index in [4.69, 9.17) is 5.11 Å². The summed E-state index contributed by atoms with van der Waals surface area (Å²) < 4.78 is 0. The Labute approximate surface area is 49.4 Å². The van der Waals surface area contributed by atoms with E-state index in [-0.39, 0.29) is 0 Å². The van der Waals surface area contributed by atoms with Crippen LogP contribution in [0.2, 0.25) is 0 Å². The zero-order chi connectivity index (χ0) is 6.24. The SMILES string of the molecule is C1CCN=NC1.CO. The summed E-state index contributed by atoms with van der Waals surface area (Å²) in [6.45, 7) is 1.92. The van der Waals surface area contributed by atoms with E-state index in [0.717, 1.165) is 20.2 Å². The fourth-order valence-electron chi connectivity index (χ4n) is 0.506. The van der Waals surface area contributed by atoms with Crippen molar-refractivity contribution in [3.05, 3.63) is 0 Å². The van der Waals surface area contributed by atoms with Crippen LogP contribution in [0.15, 0.2) is 10.2 Å². The van der Waals surface area contributed by atoms with Crippen LogP contribution in [-0.2, 0) is 0 Å². The fourth-order valence-corrected chi connectivity index (χ4v) is 0.506. The molecule has 0 unspecified atom stereocenters. The highest BCUT2D eigenvalue weighted by Gasteiger charge is 1.89. The largest absolute Gasteiger partial charge is 0.400 e. The fraction of sp³-hybridized carbons (Fsp3) is 1.00. The van der Waals surface area contributed by atoms with Crippen molar-refractivity contribution >= 4 is 0 Å². The number of azo groups is 1. The molecule has 0 aromatic carbocycles. The standard InChI is InChI=1S/C4H8N2.CH4O/c1-2-4-6-5-3-1;1-2/h1-4H2;2H,1H3. The lowest BCUT2D eigenvalue weighted by Gasteiger charge is -1.96. The molecule has 3 heteroatoms. The lowest BCUT2D eigenvalue weighted by molar-refractivity contribution is 0.399. The number of nitrogens with zero attached hydrogens (tertiary/aromatic N) is 2. The Morgan fingerprint density at radius 2 is 1.38 bits per heavy atom. The number of aliphatic hydroxyl groups is 1. The van der Waals surface area contributed by atoms with Gasteiger partial charge in [-0.25, -0.2) is 0 Å². The van der Waals surface area contributed by atoms with Crippen molar-refractivity contribution in [2.24, 2.45) is 10.2 Å². The van der Waals surface area contributed by atoms with Gasteiger partial charge in [-0.1, -0.05) is 0 Å². The van der Waals surface area contributed by atoms with Crippen LogP contribution in [0, 0.1) is 0 Å². The van der Waals surface area contributed by atoms with Crippen molar-refractivity contribution < 1.29 is 5.11 Å². The molecular weight excluding hydrogens is 104 g/mol. The van der Waals surface area contributed by atoms with Crippen LogP contribution < -0.4 is 0 Å². The van der Waals surface area contributed by atoms with Gasteiger partial charge in [0.1, 0.15) is 0 Å². The first kappa shape index (κ1) is 7.56. The molecule has 0 saturated carbocycles. The van der Waals surface area contributed by atoms with Gasteiger partial charge < -0.3 is 5.11 Å². The Kier molecular flexibility index (Phi) is 6.20. The maximum atomic E-state index is 7.00. The second kappa shape index (κ2) is 6.56. The molecule has 0 aromatic rings. The van der Waals surface area contributed by atoms with Crippen LogP contribution in [0.5, 0.6) is 0 Å². The molecule has 8 heavy (non-hydrogen) atoms. The molecule has 1 heterocycles. The van der Waals surface area contributed by atoms with Crippen LogP contribution in [0.25, 0.3) is 0 Å². The lowest BCUT2D eigenvalue weighted by Crippen LogP contribution is -1.89. The van der Waals surface area contributed by atoms with Crippen LogP contribution in [-0.4, -0.2) is 25.3 Å². The number of hydrogen-bond acceptors (Lipinski definition) is 3. The molecule has 0 aliphatic carbocycles. The number of rotatable bonds is 0. The van der Waals surface area contributed by atoms with Crippen molar-refractivity contribution in [3.8, 4) is 0 Å². The maximum Gasteiger partial charge on any atom is 0.0599 e. The van der Waals surface area contributed by atoms with Crippen molar-refractivity contribution in [2.75, 3.05) is 20.2 Å². The first-order valence-electron chi connectivity index (χ1n) is 2.78. The van der Waals surface area contributed by atoms with Crippen LogP contribution in [0.4, 0.5) is 0 Å². The topological polar surface area (TPSA) is 45.0 Å². The van der Waals surface area contributed by atoms with Gasteiger partial charge >= 0.3 is 0 Å². The minimum atomic E-state index is 0.958. The van der Waals surface area contributed by atoms with Crippen molar-refractivity contribution in [1.82, 2.24) is 0 Å². The lowest BCUT2D eigenvalue weighted by atomic mass is 10.3. The maximum absolute atomic E-state index is 7.00. The smallest absolute Gasteiger partial charge is 0.0599 e.